The lowest BCUT2D eigenvalue weighted by Gasteiger charge is -2.55. The summed E-state index contributed by atoms with van der Waals surface area (Å²) in [7, 11) is 0. The van der Waals surface area contributed by atoms with Gasteiger partial charge < -0.3 is 15.2 Å². The van der Waals surface area contributed by atoms with Gasteiger partial charge in [-0.1, -0.05) is 12.1 Å². The van der Waals surface area contributed by atoms with Crippen molar-refractivity contribution in [3.8, 4) is 5.75 Å². The van der Waals surface area contributed by atoms with Crippen LogP contribution < -0.4 is 10.1 Å². The van der Waals surface area contributed by atoms with E-state index in [0.29, 0.717) is 12.3 Å². The number of carboxylic acids is 1. The van der Waals surface area contributed by atoms with E-state index in [-0.39, 0.29) is 17.9 Å². The standard InChI is InChI=1S/C21H27NO4/c23-19(24)13-26-18-3-1-14(2-4-18)5-6-22-20(25)21-10-15-7-16(11-21)9-17(8-15)12-21/h1-4,15-17H,5-13H2,(H,22,25)(H,23,24). The fraction of sp³-hybridized carbons (Fsp3) is 0.619. The maximum Gasteiger partial charge on any atom is 0.341 e. The number of carboxylic acid groups (broad SMARTS) is 1. The first-order valence-electron chi connectivity index (χ1n) is 9.74. The number of rotatable bonds is 7. The van der Waals surface area contributed by atoms with E-state index in [1.807, 2.05) is 12.1 Å². The molecule has 1 aromatic rings. The molecule has 5 heteroatoms. The van der Waals surface area contributed by atoms with Gasteiger partial charge in [-0.2, -0.15) is 0 Å². The van der Waals surface area contributed by atoms with E-state index in [2.05, 4.69) is 5.32 Å². The predicted molar refractivity (Wildman–Crippen MR) is 96.9 cm³/mol. The third kappa shape index (κ3) is 3.57. The number of nitrogens with one attached hydrogen (secondary N) is 1. The number of benzene rings is 1. The van der Waals surface area contributed by atoms with Gasteiger partial charge in [0.05, 0.1) is 0 Å². The van der Waals surface area contributed by atoms with Gasteiger partial charge in [0.25, 0.3) is 0 Å². The SMILES string of the molecule is O=C(O)COc1ccc(CCNC(=O)C23CC4CC(CC(C4)C2)C3)cc1. The lowest BCUT2D eigenvalue weighted by molar-refractivity contribution is -0.146. The van der Waals surface area contributed by atoms with Crippen LogP contribution in [0.3, 0.4) is 0 Å². The molecule has 5 rings (SSSR count). The Kier molecular flexibility index (Phi) is 4.63. The van der Waals surface area contributed by atoms with E-state index >= 15 is 0 Å². The maximum atomic E-state index is 12.9. The molecule has 26 heavy (non-hydrogen) atoms. The first-order valence-corrected chi connectivity index (χ1v) is 9.74. The fourth-order valence-electron chi connectivity index (χ4n) is 5.79. The molecule has 0 spiro atoms. The van der Waals surface area contributed by atoms with Crippen LogP contribution in [0.5, 0.6) is 5.75 Å². The lowest BCUT2D eigenvalue weighted by Crippen LogP contribution is -2.53. The zero-order valence-corrected chi connectivity index (χ0v) is 15.1. The molecule has 1 aromatic carbocycles. The molecular formula is C21H27NO4. The second-order valence-corrected chi connectivity index (χ2v) is 8.53. The van der Waals surface area contributed by atoms with Crippen molar-refractivity contribution in [3.05, 3.63) is 29.8 Å². The van der Waals surface area contributed by atoms with Crippen LogP contribution in [0.4, 0.5) is 0 Å². The van der Waals surface area contributed by atoms with Crippen molar-refractivity contribution >= 4 is 11.9 Å². The summed E-state index contributed by atoms with van der Waals surface area (Å²) in [5.41, 5.74) is 1.03. The monoisotopic (exact) mass is 357 g/mol. The zero-order valence-electron chi connectivity index (χ0n) is 15.1. The molecule has 4 fully saturated rings. The minimum atomic E-state index is -0.985. The van der Waals surface area contributed by atoms with Crippen molar-refractivity contribution < 1.29 is 19.4 Å². The van der Waals surface area contributed by atoms with Crippen molar-refractivity contribution in [2.24, 2.45) is 23.2 Å². The van der Waals surface area contributed by atoms with Crippen LogP contribution in [-0.4, -0.2) is 30.1 Å². The number of carbonyl (C=O) groups is 2. The maximum absolute atomic E-state index is 12.9. The van der Waals surface area contributed by atoms with Crippen LogP contribution >= 0.6 is 0 Å². The van der Waals surface area contributed by atoms with E-state index in [0.717, 1.165) is 49.0 Å². The highest BCUT2D eigenvalue weighted by molar-refractivity contribution is 5.83. The summed E-state index contributed by atoms with van der Waals surface area (Å²) in [6.45, 7) is 0.316. The minimum absolute atomic E-state index is 0.0801. The van der Waals surface area contributed by atoms with E-state index in [9.17, 15) is 9.59 Å². The Morgan fingerprint density at radius 3 is 2.15 bits per heavy atom. The Morgan fingerprint density at radius 1 is 1.04 bits per heavy atom. The molecule has 4 aliphatic carbocycles. The molecule has 0 aromatic heterocycles. The highest BCUT2D eigenvalue weighted by Gasteiger charge is 2.54. The van der Waals surface area contributed by atoms with Gasteiger partial charge in [-0.25, -0.2) is 4.79 Å². The van der Waals surface area contributed by atoms with Crippen molar-refractivity contribution in [2.75, 3.05) is 13.2 Å². The quantitative estimate of drug-likeness (QED) is 0.786. The third-order valence-corrected chi connectivity index (χ3v) is 6.50. The molecule has 140 valence electrons. The van der Waals surface area contributed by atoms with Gasteiger partial charge in [0.1, 0.15) is 5.75 Å². The molecule has 0 unspecified atom stereocenters. The molecule has 4 saturated carbocycles. The number of ether oxygens (including phenoxy) is 1. The summed E-state index contributed by atoms with van der Waals surface area (Å²) >= 11 is 0. The summed E-state index contributed by atoms with van der Waals surface area (Å²) < 4.78 is 5.13. The first-order chi connectivity index (χ1) is 12.5. The number of aliphatic carboxylic acids is 1. The summed E-state index contributed by atoms with van der Waals surface area (Å²) in [6, 6.07) is 7.40. The lowest BCUT2D eigenvalue weighted by atomic mass is 9.49. The topological polar surface area (TPSA) is 75.6 Å². The second kappa shape index (κ2) is 6.93. The van der Waals surface area contributed by atoms with Crippen LogP contribution in [0.2, 0.25) is 0 Å². The van der Waals surface area contributed by atoms with Crippen LogP contribution in [0.25, 0.3) is 0 Å². The normalized spacial score (nSPS) is 31.6. The molecule has 0 aliphatic heterocycles. The molecule has 2 N–H and O–H groups in total. The summed E-state index contributed by atoms with van der Waals surface area (Å²) in [4.78, 5) is 23.4. The van der Waals surface area contributed by atoms with E-state index in [4.69, 9.17) is 9.84 Å². The van der Waals surface area contributed by atoms with Gasteiger partial charge in [-0.15, -0.1) is 0 Å². The van der Waals surface area contributed by atoms with Crippen LogP contribution in [0, 0.1) is 23.2 Å². The van der Waals surface area contributed by atoms with Crippen molar-refractivity contribution in [3.63, 3.8) is 0 Å². The number of hydrogen-bond acceptors (Lipinski definition) is 3. The summed E-state index contributed by atoms with van der Waals surface area (Å²) in [6.07, 6.45) is 8.12. The molecule has 4 aliphatic rings. The van der Waals surface area contributed by atoms with E-state index in [1.54, 1.807) is 12.1 Å². The Morgan fingerprint density at radius 2 is 1.62 bits per heavy atom. The Hall–Kier alpha value is -2.04. The average Bonchev–Trinajstić information content (AvgIpc) is 2.59. The molecule has 0 radical (unpaired) electrons. The smallest absolute Gasteiger partial charge is 0.341 e. The summed E-state index contributed by atoms with van der Waals surface area (Å²) in [5.74, 6) is 2.19. The van der Waals surface area contributed by atoms with Gasteiger partial charge >= 0.3 is 5.97 Å². The molecule has 4 bridgehead atoms. The summed E-state index contributed by atoms with van der Waals surface area (Å²) in [5, 5.41) is 11.8. The van der Waals surface area contributed by atoms with Gasteiger partial charge in [0.15, 0.2) is 6.61 Å². The van der Waals surface area contributed by atoms with E-state index in [1.165, 1.54) is 19.3 Å². The van der Waals surface area contributed by atoms with Gasteiger partial charge in [0.2, 0.25) is 5.91 Å². The largest absolute Gasteiger partial charge is 0.482 e. The molecule has 5 nitrogen and oxygen atoms in total. The predicted octanol–water partition coefficient (Wildman–Crippen LogP) is 3.03. The highest BCUT2D eigenvalue weighted by Crippen LogP contribution is 2.60. The third-order valence-electron chi connectivity index (χ3n) is 6.50. The van der Waals surface area contributed by atoms with Crippen LogP contribution in [0.1, 0.15) is 44.1 Å². The molecule has 0 saturated heterocycles. The fourth-order valence-corrected chi connectivity index (χ4v) is 5.79. The number of carbonyl (C=O) groups excluding carboxylic acids is 1. The Bertz CT molecular complexity index is 646. The number of hydrogen-bond donors (Lipinski definition) is 2. The zero-order chi connectivity index (χ0) is 18.1. The minimum Gasteiger partial charge on any atom is -0.482 e. The molecule has 0 heterocycles. The van der Waals surface area contributed by atoms with Crippen LogP contribution in [0.15, 0.2) is 24.3 Å². The van der Waals surface area contributed by atoms with E-state index < -0.39 is 5.97 Å². The van der Waals surface area contributed by atoms with Crippen molar-refractivity contribution in [1.82, 2.24) is 5.32 Å². The number of amides is 1. The Balaban J connectivity index is 1.27. The molecule has 1 amide bonds. The molecule has 0 atom stereocenters. The average molecular weight is 357 g/mol. The van der Waals surface area contributed by atoms with Gasteiger partial charge in [-0.3, -0.25) is 4.79 Å². The molecular weight excluding hydrogens is 330 g/mol. The van der Waals surface area contributed by atoms with Crippen molar-refractivity contribution in [2.45, 2.75) is 44.9 Å². The second-order valence-electron chi connectivity index (χ2n) is 8.53. The highest BCUT2D eigenvalue weighted by atomic mass is 16.5. The van der Waals surface area contributed by atoms with Gasteiger partial charge in [-0.05, 0) is 80.4 Å². The van der Waals surface area contributed by atoms with Crippen LogP contribution in [-0.2, 0) is 16.0 Å². The van der Waals surface area contributed by atoms with Crippen molar-refractivity contribution in [1.29, 1.82) is 0 Å². The van der Waals surface area contributed by atoms with Gasteiger partial charge in [0, 0.05) is 12.0 Å². The Labute approximate surface area is 154 Å². The first kappa shape index (κ1) is 17.4.